The van der Waals surface area contributed by atoms with E-state index in [4.69, 9.17) is 9.47 Å². The van der Waals surface area contributed by atoms with Crippen LogP contribution >= 0.6 is 0 Å². The summed E-state index contributed by atoms with van der Waals surface area (Å²) in [7, 11) is 0. The highest BCUT2D eigenvalue weighted by molar-refractivity contribution is 5.85. The molecule has 2 N–H and O–H groups in total. The first kappa shape index (κ1) is 18.3. The smallest absolute Gasteiger partial charge is 0.319 e. The van der Waals surface area contributed by atoms with Crippen molar-refractivity contribution in [3.05, 3.63) is 42.1 Å². The van der Waals surface area contributed by atoms with E-state index in [1.165, 1.54) is 0 Å². The minimum absolute atomic E-state index is 0.0320. The maximum absolute atomic E-state index is 12.8. The number of hydrogen-bond donors (Lipinski definition) is 2. The van der Waals surface area contributed by atoms with Crippen LogP contribution in [-0.2, 0) is 9.53 Å². The van der Waals surface area contributed by atoms with Gasteiger partial charge in [-0.25, -0.2) is 4.79 Å². The van der Waals surface area contributed by atoms with Crippen molar-refractivity contribution in [3.63, 3.8) is 0 Å². The lowest BCUT2D eigenvalue weighted by molar-refractivity contribution is -0.153. The molecule has 2 fully saturated rings. The maximum atomic E-state index is 12.8. The van der Waals surface area contributed by atoms with E-state index in [1.54, 1.807) is 0 Å². The Labute approximate surface area is 153 Å². The van der Waals surface area contributed by atoms with Crippen LogP contribution in [0.3, 0.4) is 0 Å². The number of nitrogens with one attached hydrogen (secondary N) is 2. The predicted octanol–water partition coefficient (Wildman–Crippen LogP) is 3.44. The van der Waals surface area contributed by atoms with Gasteiger partial charge in [-0.1, -0.05) is 18.7 Å². The monoisotopic (exact) mass is 358 g/mol. The van der Waals surface area contributed by atoms with E-state index in [0.29, 0.717) is 5.70 Å². The molecule has 0 unspecified atom stereocenters. The number of esters is 1. The Kier molecular flexibility index (Phi) is 5.49. The minimum Gasteiger partial charge on any atom is -0.491 e. The van der Waals surface area contributed by atoms with Gasteiger partial charge in [0.2, 0.25) is 0 Å². The summed E-state index contributed by atoms with van der Waals surface area (Å²) < 4.78 is 11.3. The van der Waals surface area contributed by atoms with Crippen LogP contribution in [0.5, 0.6) is 5.75 Å². The summed E-state index contributed by atoms with van der Waals surface area (Å²) in [6.07, 6.45) is 4.01. The van der Waals surface area contributed by atoms with Crippen molar-refractivity contribution < 1.29 is 19.1 Å². The number of benzene rings is 1. The molecule has 6 nitrogen and oxygen atoms in total. The SMILES string of the molecule is C=C1NC(=O)N[C@H](c2ccc(OC(C)C)cc2)[C@H]1C(=O)OC1CCCC1. The number of ether oxygens (including phenoxy) is 2. The molecule has 2 aliphatic rings. The fourth-order valence-corrected chi connectivity index (χ4v) is 3.51. The van der Waals surface area contributed by atoms with E-state index in [0.717, 1.165) is 37.0 Å². The van der Waals surface area contributed by atoms with Crippen LogP contribution in [0.1, 0.15) is 51.1 Å². The third-order valence-electron chi connectivity index (χ3n) is 4.72. The van der Waals surface area contributed by atoms with E-state index in [2.05, 4.69) is 17.2 Å². The van der Waals surface area contributed by atoms with Crippen molar-refractivity contribution in [2.45, 2.75) is 57.8 Å². The molecule has 0 bridgehead atoms. The van der Waals surface area contributed by atoms with Crippen molar-refractivity contribution in [1.29, 1.82) is 0 Å². The van der Waals surface area contributed by atoms with E-state index in [1.807, 2.05) is 38.1 Å². The third-order valence-corrected chi connectivity index (χ3v) is 4.72. The number of carbonyl (C=O) groups excluding carboxylic acids is 2. The Hall–Kier alpha value is -2.50. The Balaban J connectivity index is 1.79. The Morgan fingerprint density at radius 1 is 1.19 bits per heavy atom. The number of carbonyl (C=O) groups is 2. The molecule has 1 aliphatic carbocycles. The number of amides is 2. The lowest BCUT2D eigenvalue weighted by Gasteiger charge is -2.34. The van der Waals surface area contributed by atoms with Crippen molar-refractivity contribution in [2.75, 3.05) is 0 Å². The van der Waals surface area contributed by atoms with E-state index in [9.17, 15) is 9.59 Å². The largest absolute Gasteiger partial charge is 0.491 e. The van der Waals surface area contributed by atoms with Crippen LogP contribution < -0.4 is 15.4 Å². The van der Waals surface area contributed by atoms with Crippen LogP contribution in [0.2, 0.25) is 0 Å². The zero-order valence-electron chi connectivity index (χ0n) is 15.3. The number of rotatable bonds is 5. The van der Waals surface area contributed by atoms with Crippen LogP contribution in [0.4, 0.5) is 4.79 Å². The molecular formula is C20H26N2O4. The van der Waals surface area contributed by atoms with Crippen LogP contribution in [0, 0.1) is 5.92 Å². The quantitative estimate of drug-likeness (QED) is 0.791. The van der Waals surface area contributed by atoms with Crippen LogP contribution in [0.25, 0.3) is 0 Å². The summed E-state index contributed by atoms with van der Waals surface area (Å²) in [4.78, 5) is 24.7. The molecule has 2 amide bonds. The fraction of sp³-hybridized carbons (Fsp3) is 0.500. The summed E-state index contributed by atoms with van der Waals surface area (Å²) in [5, 5.41) is 5.43. The van der Waals surface area contributed by atoms with E-state index >= 15 is 0 Å². The van der Waals surface area contributed by atoms with Gasteiger partial charge < -0.3 is 20.1 Å². The summed E-state index contributed by atoms with van der Waals surface area (Å²) in [6.45, 7) is 7.79. The topological polar surface area (TPSA) is 76.7 Å². The Bertz CT molecular complexity index is 678. The first-order valence-corrected chi connectivity index (χ1v) is 9.17. The Morgan fingerprint density at radius 2 is 1.85 bits per heavy atom. The molecule has 26 heavy (non-hydrogen) atoms. The van der Waals surface area contributed by atoms with E-state index < -0.39 is 12.0 Å². The lowest BCUT2D eigenvalue weighted by Crippen LogP contribution is -2.51. The van der Waals surface area contributed by atoms with Gasteiger partial charge in [-0.05, 0) is 57.2 Å². The van der Waals surface area contributed by atoms with Crippen molar-refractivity contribution in [1.82, 2.24) is 10.6 Å². The second-order valence-electron chi connectivity index (χ2n) is 7.16. The molecular weight excluding hydrogens is 332 g/mol. The van der Waals surface area contributed by atoms with Gasteiger partial charge in [0.1, 0.15) is 17.8 Å². The van der Waals surface area contributed by atoms with Gasteiger partial charge in [-0.15, -0.1) is 0 Å². The normalized spacial score (nSPS) is 23.5. The number of hydrogen-bond acceptors (Lipinski definition) is 4. The first-order valence-electron chi connectivity index (χ1n) is 9.17. The predicted molar refractivity (Wildman–Crippen MR) is 97.6 cm³/mol. The highest BCUT2D eigenvalue weighted by Gasteiger charge is 2.40. The highest BCUT2D eigenvalue weighted by atomic mass is 16.5. The molecule has 1 saturated carbocycles. The molecule has 1 heterocycles. The molecule has 1 aliphatic heterocycles. The highest BCUT2D eigenvalue weighted by Crippen LogP contribution is 2.33. The molecule has 2 atom stereocenters. The molecule has 140 valence electrons. The first-order chi connectivity index (χ1) is 12.4. The van der Waals surface area contributed by atoms with Gasteiger partial charge in [-0.3, -0.25) is 4.79 Å². The molecule has 0 radical (unpaired) electrons. The standard InChI is InChI=1S/C20H26N2O4/c1-12(2)25-16-10-8-14(9-11-16)18-17(13(3)21-20(24)22-18)19(23)26-15-6-4-5-7-15/h8-12,15,17-18H,3-7H2,1-2H3,(H2,21,22,24)/t17-,18+/m0/s1. The van der Waals surface area contributed by atoms with Gasteiger partial charge in [-0.2, -0.15) is 0 Å². The Morgan fingerprint density at radius 3 is 2.46 bits per heavy atom. The molecule has 0 aromatic heterocycles. The molecule has 1 saturated heterocycles. The summed E-state index contributed by atoms with van der Waals surface area (Å²) in [6, 6.07) is 6.51. The van der Waals surface area contributed by atoms with E-state index in [-0.39, 0.29) is 24.2 Å². The zero-order valence-corrected chi connectivity index (χ0v) is 15.3. The second kappa shape index (κ2) is 7.81. The van der Waals surface area contributed by atoms with Gasteiger partial charge in [0, 0.05) is 5.70 Å². The van der Waals surface area contributed by atoms with Crippen LogP contribution in [0.15, 0.2) is 36.5 Å². The van der Waals surface area contributed by atoms with Crippen LogP contribution in [-0.4, -0.2) is 24.2 Å². The molecule has 1 aromatic carbocycles. The average molecular weight is 358 g/mol. The third kappa shape index (κ3) is 4.18. The van der Waals surface area contributed by atoms with Crippen molar-refractivity contribution in [2.24, 2.45) is 5.92 Å². The van der Waals surface area contributed by atoms with Gasteiger partial charge in [0.05, 0.1) is 12.1 Å². The maximum Gasteiger partial charge on any atom is 0.319 e. The summed E-state index contributed by atoms with van der Waals surface area (Å²) in [5.41, 5.74) is 1.18. The minimum atomic E-state index is -0.662. The molecule has 6 heteroatoms. The second-order valence-corrected chi connectivity index (χ2v) is 7.16. The van der Waals surface area contributed by atoms with Gasteiger partial charge in [0.15, 0.2) is 0 Å². The lowest BCUT2D eigenvalue weighted by atomic mass is 9.89. The fourth-order valence-electron chi connectivity index (χ4n) is 3.51. The van der Waals surface area contributed by atoms with Gasteiger partial charge >= 0.3 is 12.0 Å². The number of urea groups is 1. The van der Waals surface area contributed by atoms with Crippen molar-refractivity contribution in [3.8, 4) is 5.75 Å². The summed E-state index contributed by atoms with van der Waals surface area (Å²) >= 11 is 0. The van der Waals surface area contributed by atoms with Gasteiger partial charge in [0.25, 0.3) is 0 Å². The zero-order chi connectivity index (χ0) is 18.7. The molecule has 1 aromatic rings. The van der Waals surface area contributed by atoms with Crippen molar-refractivity contribution >= 4 is 12.0 Å². The molecule has 0 spiro atoms. The molecule has 3 rings (SSSR count). The average Bonchev–Trinajstić information content (AvgIpc) is 3.07. The summed E-state index contributed by atoms with van der Waals surface area (Å²) in [5.74, 6) is -0.264.